The van der Waals surface area contributed by atoms with Crippen LogP contribution >= 0.6 is 0 Å². The van der Waals surface area contributed by atoms with Gasteiger partial charge in [-0.1, -0.05) is 30.3 Å². The number of aromatic nitrogens is 1. The van der Waals surface area contributed by atoms with Crippen molar-refractivity contribution in [2.45, 2.75) is 18.3 Å². The highest BCUT2D eigenvalue weighted by Crippen LogP contribution is 2.36. The van der Waals surface area contributed by atoms with Gasteiger partial charge in [0.2, 0.25) is 5.56 Å². The highest BCUT2D eigenvalue weighted by Gasteiger charge is 2.43. The molecule has 0 aliphatic carbocycles. The van der Waals surface area contributed by atoms with Crippen molar-refractivity contribution < 1.29 is 14.7 Å². The summed E-state index contributed by atoms with van der Waals surface area (Å²) in [6.07, 6.45) is 2.11. The summed E-state index contributed by atoms with van der Waals surface area (Å²) in [5.74, 6) is -1.05. The number of H-pyrrole nitrogens is 1. The number of likely N-dealkylation sites (tertiary alicyclic amines) is 1. The first-order valence-corrected chi connectivity index (χ1v) is 7.80. The molecule has 1 aliphatic heterocycles. The third kappa shape index (κ3) is 2.82. The predicted molar refractivity (Wildman–Crippen MR) is 88.0 cm³/mol. The Bertz CT molecular complexity index is 785. The predicted octanol–water partition coefficient (Wildman–Crippen LogP) is 1.63. The first-order chi connectivity index (χ1) is 11.5. The Balaban J connectivity index is 1.79. The molecule has 0 unspecified atom stereocenters. The van der Waals surface area contributed by atoms with E-state index >= 15 is 0 Å². The van der Waals surface area contributed by atoms with Gasteiger partial charge in [-0.05, 0) is 24.5 Å². The topological polar surface area (TPSA) is 90.5 Å². The van der Waals surface area contributed by atoms with Crippen molar-refractivity contribution in [1.29, 1.82) is 0 Å². The maximum atomic E-state index is 12.5. The number of piperidine rings is 1. The van der Waals surface area contributed by atoms with Crippen LogP contribution in [-0.4, -0.2) is 40.0 Å². The number of rotatable bonds is 3. The number of carbonyl (C=O) groups excluding carboxylic acids is 1. The summed E-state index contributed by atoms with van der Waals surface area (Å²) in [7, 11) is 0. The molecule has 1 saturated heterocycles. The molecule has 1 aliphatic rings. The maximum absolute atomic E-state index is 12.5. The average Bonchev–Trinajstić information content (AvgIpc) is 2.62. The van der Waals surface area contributed by atoms with Crippen molar-refractivity contribution in [1.82, 2.24) is 9.88 Å². The monoisotopic (exact) mass is 326 g/mol. The van der Waals surface area contributed by atoms with Gasteiger partial charge in [0.1, 0.15) is 0 Å². The van der Waals surface area contributed by atoms with E-state index in [0.717, 1.165) is 5.56 Å². The lowest BCUT2D eigenvalue weighted by Crippen LogP contribution is -2.49. The third-order valence-electron chi connectivity index (χ3n) is 4.67. The molecule has 0 radical (unpaired) electrons. The van der Waals surface area contributed by atoms with E-state index in [0.29, 0.717) is 31.5 Å². The fourth-order valence-corrected chi connectivity index (χ4v) is 3.20. The van der Waals surface area contributed by atoms with Crippen molar-refractivity contribution in [2.24, 2.45) is 0 Å². The summed E-state index contributed by atoms with van der Waals surface area (Å²) in [5, 5.41) is 9.77. The van der Waals surface area contributed by atoms with Crippen LogP contribution in [0.15, 0.2) is 53.5 Å². The van der Waals surface area contributed by atoms with Crippen molar-refractivity contribution >= 4 is 11.9 Å². The minimum absolute atomic E-state index is 0.196. The number of aliphatic carboxylic acids is 1. The van der Waals surface area contributed by atoms with Gasteiger partial charge in [0.15, 0.2) is 0 Å². The standard InChI is InChI=1S/C18H18N2O4/c21-15-7-6-13(12-19-15)16(22)20-10-8-18(9-11-20,17(23)24)14-4-2-1-3-5-14/h1-7,12H,8-11H2,(H,19,21)(H,23,24). The molecule has 6 heteroatoms. The van der Waals surface area contributed by atoms with Crippen LogP contribution < -0.4 is 5.56 Å². The Labute approximate surface area is 138 Å². The summed E-state index contributed by atoms with van der Waals surface area (Å²) in [4.78, 5) is 39.6. The van der Waals surface area contributed by atoms with Gasteiger partial charge >= 0.3 is 5.97 Å². The molecule has 0 saturated carbocycles. The highest BCUT2D eigenvalue weighted by atomic mass is 16.4. The molecule has 0 atom stereocenters. The van der Waals surface area contributed by atoms with Crippen LogP contribution in [0, 0.1) is 0 Å². The summed E-state index contributed by atoms with van der Waals surface area (Å²) in [6.45, 7) is 0.721. The van der Waals surface area contributed by atoms with Gasteiger partial charge in [0.05, 0.1) is 11.0 Å². The van der Waals surface area contributed by atoms with Crippen molar-refractivity contribution in [3.05, 3.63) is 70.1 Å². The van der Waals surface area contributed by atoms with Gasteiger partial charge in [-0.15, -0.1) is 0 Å². The number of pyridine rings is 1. The third-order valence-corrected chi connectivity index (χ3v) is 4.67. The van der Waals surface area contributed by atoms with Crippen molar-refractivity contribution in [3.8, 4) is 0 Å². The van der Waals surface area contributed by atoms with E-state index < -0.39 is 11.4 Å². The van der Waals surface area contributed by atoms with Crippen LogP contribution in [0.3, 0.4) is 0 Å². The summed E-state index contributed by atoms with van der Waals surface area (Å²) in [5.41, 5.74) is -0.0480. The molecule has 0 bridgehead atoms. The molecular formula is C18H18N2O4. The molecule has 0 spiro atoms. The fraction of sp³-hybridized carbons (Fsp3) is 0.278. The molecule has 1 amide bonds. The Morgan fingerprint density at radius 2 is 1.71 bits per heavy atom. The molecule has 1 aromatic heterocycles. The largest absolute Gasteiger partial charge is 0.481 e. The quantitative estimate of drug-likeness (QED) is 0.897. The summed E-state index contributed by atoms with van der Waals surface area (Å²) in [6, 6.07) is 12.0. The van der Waals surface area contributed by atoms with E-state index in [1.165, 1.54) is 18.3 Å². The summed E-state index contributed by atoms with van der Waals surface area (Å²) < 4.78 is 0. The maximum Gasteiger partial charge on any atom is 0.314 e. The van der Waals surface area contributed by atoms with Crippen LogP contribution in [0.25, 0.3) is 0 Å². The first kappa shape index (κ1) is 16.0. The molecule has 24 heavy (non-hydrogen) atoms. The molecule has 6 nitrogen and oxygen atoms in total. The van der Waals surface area contributed by atoms with E-state index in [9.17, 15) is 19.5 Å². The van der Waals surface area contributed by atoms with E-state index in [4.69, 9.17) is 0 Å². The number of aromatic amines is 1. The number of carboxylic acid groups (broad SMARTS) is 1. The van der Waals surface area contributed by atoms with E-state index in [1.54, 1.807) is 4.90 Å². The van der Waals surface area contributed by atoms with E-state index in [2.05, 4.69) is 4.98 Å². The SMILES string of the molecule is O=C(c1ccc(=O)[nH]c1)N1CCC(C(=O)O)(c2ccccc2)CC1. The zero-order chi connectivity index (χ0) is 17.2. The van der Waals surface area contributed by atoms with Gasteiger partial charge in [0.25, 0.3) is 5.91 Å². The van der Waals surface area contributed by atoms with Crippen LogP contribution in [0.5, 0.6) is 0 Å². The van der Waals surface area contributed by atoms with Gasteiger partial charge < -0.3 is 15.0 Å². The molecular weight excluding hydrogens is 308 g/mol. The van der Waals surface area contributed by atoms with Gasteiger partial charge in [-0.2, -0.15) is 0 Å². The molecule has 3 rings (SSSR count). The van der Waals surface area contributed by atoms with Crippen LogP contribution in [0.2, 0.25) is 0 Å². The first-order valence-electron chi connectivity index (χ1n) is 7.80. The normalized spacial score (nSPS) is 16.6. The molecule has 2 aromatic rings. The molecule has 1 aromatic carbocycles. The van der Waals surface area contributed by atoms with Gasteiger partial charge in [-0.3, -0.25) is 14.4 Å². The number of amides is 1. The van der Waals surface area contributed by atoms with Gasteiger partial charge in [0, 0.05) is 25.4 Å². The number of hydrogen-bond acceptors (Lipinski definition) is 3. The smallest absolute Gasteiger partial charge is 0.314 e. The van der Waals surface area contributed by atoms with E-state index in [-0.39, 0.29) is 11.5 Å². The Kier molecular flexibility index (Phi) is 4.20. The number of hydrogen-bond donors (Lipinski definition) is 2. The minimum Gasteiger partial charge on any atom is -0.481 e. The molecule has 2 heterocycles. The van der Waals surface area contributed by atoms with Crippen LogP contribution in [0.4, 0.5) is 0 Å². The Hall–Kier alpha value is -2.89. The summed E-state index contributed by atoms with van der Waals surface area (Å²) >= 11 is 0. The van der Waals surface area contributed by atoms with Crippen LogP contribution in [-0.2, 0) is 10.2 Å². The number of carboxylic acids is 1. The lowest BCUT2D eigenvalue weighted by atomic mass is 9.73. The Morgan fingerprint density at radius 3 is 2.25 bits per heavy atom. The highest BCUT2D eigenvalue weighted by molar-refractivity contribution is 5.94. The van der Waals surface area contributed by atoms with Gasteiger partial charge in [-0.25, -0.2) is 0 Å². The number of benzene rings is 1. The van der Waals surface area contributed by atoms with Crippen molar-refractivity contribution in [2.75, 3.05) is 13.1 Å². The number of nitrogens with one attached hydrogen (secondary N) is 1. The lowest BCUT2D eigenvalue weighted by Gasteiger charge is -2.39. The zero-order valence-corrected chi connectivity index (χ0v) is 13.1. The van der Waals surface area contributed by atoms with E-state index in [1.807, 2.05) is 30.3 Å². The number of carbonyl (C=O) groups is 2. The Morgan fingerprint density at radius 1 is 1.04 bits per heavy atom. The average molecular weight is 326 g/mol. The second kappa shape index (κ2) is 6.31. The van der Waals surface area contributed by atoms with Crippen LogP contribution in [0.1, 0.15) is 28.8 Å². The van der Waals surface area contributed by atoms with Crippen molar-refractivity contribution in [3.63, 3.8) is 0 Å². The number of nitrogens with zero attached hydrogens (tertiary/aromatic N) is 1. The second-order valence-electron chi connectivity index (χ2n) is 5.99. The lowest BCUT2D eigenvalue weighted by molar-refractivity contribution is -0.145. The zero-order valence-electron chi connectivity index (χ0n) is 13.1. The minimum atomic E-state index is -0.955. The fourth-order valence-electron chi connectivity index (χ4n) is 3.20. The molecule has 124 valence electrons. The molecule has 1 fully saturated rings. The molecule has 2 N–H and O–H groups in total. The second-order valence-corrected chi connectivity index (χ2v) is 5.99.